The molecule has 0 bridgehead atoms. The van der Waals surface area contributed by atoms with Crippen LogP contribution in [0.1, 0.15) is 16.7 Å². The predicted molar refractivity (Wildman–Crippen MR) is 115 cm³/mol. The van der Waals surface area contributed by atoms with E-state index in [0.29, 0.717) is 13.1 Å². The van der Waals surface area contributed by atoms with Crippen LogP contribution in [-0.4, -0.2) is 46.9 Å². The van der Waals surface area contributed by atoms with Crippen molar-refractivity contribution in [2.75, 3.05) is 31.1 Å². The van der Waals surface area contributed by atoms with Gasteiger partial charge in [0.15, 0.2) is 5.82 Å². The second kappa shape index (κ2) is 8.75. The Balaban J connectivity index is 1.31. The van der Waals surface area contributed by atoms with Crippen LogP contribution in [0, 0.1) is 25.5 Å². The molecular weight excluding hydrogens is 400 g/mol. The fourth-order valence-electron chi connectivity index (χ4n) is 3.77. The van der Waals surface area contributed by atoms with E-state index in [4.69, 9.17) is 0 Å². The van der Waals surface area contributed by atoms with Crippen molar-refractivity contribution in [3.63, 3.8) is 0 Å². The maximum Gasteiger partial charge on any atom is 0.317 e. The van der Waals surface area contributed by atoms with Gasteiger partial charge < -0.3 is 15.1 Å². The summed E-state index contributed by atoms with van der Waals surface area (Å²) in [4.78, 5) is 16.7. The molecule has 2 heterocycles. The quantitative estimate of drug-likeness (QED) is 0.692. The Bertz CT molecular complexity index is 1090. The van der Waals surface area contributed by atoms with Crippen LogP contribution in [0.15, 0.2) is 48.8 Å². The SMILES string of the molecule is Cc1cccc(N2CCN(C(=O)NCc3cnn(-c4ccc(F)cc4F)c3)CC2)c1C. The Kier molecular flexibility index (Phi) is 5.88. The lowest BCUT2D eigenvalue weighted by molar-refractivity contribution is 0.194. The number of piperazine rings is 1. The molecule has 0 unspecified atom stereocenters. The first-order chi connectivity index (χ1) is 14.9. The van der Waals surface area contributed by atoms with Crippen molar-refractivity contribution in [2.24, 2.45) is 0 Å². The van der Waals surface area contributed by atoms with E-state index in [-0.39, 0.29) is 18.3 Å². The third-order valence-electron chi connectivity index (χ3n) is 5.72. The molecule has 0 aliphatic carbocycles. The van der Waals surface area contributed by atoms with Crippen molar-refractivity contribution in [1.82, 2.24) is 20.0 Å². The third-order valence-corrected chi connectivity index (χ3v) is 5.72. The van der Waals surface area contributed by atoms with Crippen molar-refractivity contribution < 1.29 is 13.6 Å². The van der Waals surface area contributed by atoms with Gasteiger partial charge in [0.1, 0.15) is 11.5 Å². The van der Waals surface area contributed by atoms with Crippen molar-refractivity contribution >= 4 is 11.7 Å². The van der Waals surface area contributed by atoms with Crippen LogP contribution in [0.5, 0.6) is 0 Å². The minimum absolute atomic E-state index is 0.138. The maximum absolute atomic E-state index is 13.9. The molecule has 4 rings (SSSR count). The minimum atomic E-state index is -0.694. The number of benzene rings is 2. The van der Waals surface area contributed by atoms with Crippen LogP contribution in [-0.2, 0) is 6.54 Å². The Hall–Kier alpha value is -3.42. The smallest absolute Gasteiger partial charge is 0.317 e. The lowest BCUT2D eigenvalue weighted by Crippen LogP contribution is -2.51. The lowest BCUT2D eigenvalue weighted by Gasteiger charge is -2.37. The molecule has 162 valence electrons. The summed E-state index contributed by atoms with van der Waals surface area (Å²) in [6.07, 6.45) is 3.18. The van der Waals surface area contributed by atoms with Gasteiger partial charge in [-0.15, -0.1) is 0 Å². The van der Waals surface area contributed by atoms with Crippen LogP contribution >= 0.6 is 0 Å². The first kappa shape index (κ1) is 20.8. The van der Waals surface area contributed by atoms with Gasteiger partial charge in [0.25, 0.3) is 0 Å². The number of amides is 2. The molecule has 1 N–H and O–H groups in total. The van der Waals surface area contributed by atoms with Gasteiger partial charge in [-0.05, 0) is 43.2 Å². The summed E-state index contributed by atoms with van der Waals surface area (Å²) < 4.78 is 28.3. The minimum Gasteiger partial charge on any atom is -0.368 e. The van der Waals surface area contributed by atoms with E-state index in [2.05, 4.69) is 47.4 Å². The van der Waals surface area contributed by atoms with Gasteiger partial charge in [-0.25, -0.2) is 18.3 Å². The molecule has 0 atom stereocenters. The molecule has 31 heavy (non-hydrogen) atoms. The van der Waals surface area contributed by atoms with Gasteiger partial charge in [0, 0.05) is 56.2 Å². The van der Waals surface area contributed by atoms with Gasteiger partial charge >= 0.3 is 6.03 Å². The van der Waals surface area contributed by atoms with Crippen LogP contribution in [0.3, 0.4) is 0 Å². The predicted octanol–water partition coefficient (Wildman–Crippen LogP) is 3.80. The number of nitrogens with zero attached hydrogens (tertiary/aromatic N) is 4. The van der Waals surface area contributed by atoms with E-state index in [9.17, 15) is 13.6 Å². The zero-order chi connectivity index (χ0) is 22.0. The van der Waals surface area contributed by atoms with Crippen molar-refractivity contribution in [3.8, 4) is 5.69 Å². The highest BCUT2D eigenvalue weighted by Gasteiger charge is 2.22. The second-order valence-corrected chi connectivity index (χ2v) is 7.74. The molecule has 6 nitrogen and oxygen atoms in total. The molecule has 0 saturated carbocycles. The number of aromatic nitrogens is 2. The summed E-state index contributed by atoms with van der Waals surface area (Å²) in [5, 5.41) is 7.00. The van der Waals surface area contributed by atoms with E-state index < -0.39 is 11.6 Å². The first-order valence-electron chi connectivity index (χ1n) is 10.3. The van der Waals surface area contributed by atoms with Crippen LogP contribution < -0.4 is 10.2 Å². The second-order valence-electron chi connectivity index (χ2n) is 7.74. The molecule has 2 amide bonds. The van der Waals surface area contributed by atoms with E-state index >= 15 is 0 Å². The molecule has 1 aliphatic rings. The number of hydrogen-bond donors (Lipinski definition) is 1. The standard InChI is InChI=1S/C23H25F2N5O/c1-16-4-3-5-21(17(16)2)28-8-10-29(11-9-28)23(31)26-13-18-14-27-30(15-18)22-7-6-19(24)12-20(22)25/h3-7,12,14-15H,8-11,13H2,1-2H3,(H,26,31). The van der Waals surface area contributed by atoms with Crippen LogP contribution in [0.2, 0.25) is 0 Å². The average Bonchev–Trinajstić information content (AvgIpc) is 3.23. The third kappa shape index (κ3) is 4.52. The van der Waals surface area contributed by atoms with Gasteiger partial charge in [-0.1, -0.05) is 12.1 Å². The van der Waals surface area contributed by atoms with Gasteiger partial charge in [-0.2, -0.15) is 5.10 Å². The highest BCUT2D eigenvalue weighted by Crippen LogP contribution is 2.24. The van der Waals surface area contributed by atoms with E-state index in [1.54, 1.807) is 17.3 Å². The summed E-state index contributed by atoms with van der Waals surface area (Å²) in [5.41, 5.74) is 4.64. The highest BCUT2D eigenvalue weighted by molar-refractivity contribution is 5.74. The highest BCUT2D eigenvalue weighted by atomic mass is 19.1. The summed E-state index contributed by atoms with van der Waals surface area (Å²) in [5.74, 6) is -1.33. The first-order valence-corrected chi connectivity index (χ1v) is 10.3. The monoisotopic (exact) mass is 425 g/mol. The molecule has 2 aromatic carbocycles. The average molecular weight is 425 g/mol. The Morgan fingerprint density at radius 3 is 2.58 bits per heavy atom. The Labute approximate surface area is 180 Å². The molecule has 0 spiro atoms. The number of nitrogens with one attached hydrogen (secondary N) is 1. The maximum atomic E-state index is 13.9. The molecule has 1 saturated heterocycles. The van der Waals surface area contributed by atoms with Gasteiger partial charge in [-0.3, -0.25) is 0 Å². The normalized spacial score (nSPS) is 14.1. The zero-order valence-corrected chi connectivity index (χ0v) is 17.6. The molecule has 1 aliphatic heterocycles. The molecule has 8 heteroatoms. The van der Waals surface area contributed by atoms with Crippen molar-refractivity contribution in [1.29, 1.82) is 0 Å². The lowest BCUT2D eigenvalue weighted by atomic mass is 10.1. The van der Waals surface area contributed by atoms with Crippen LogP contribution in [0.25, 0.3) is 5.69 Å². The summed E-state index contributed by atoms with van der Waals surface area (Å²) in [6, 6.07) is 9.48. The number of anilines is 1. The molecule has 1 aromatic heterocycles. The van der Waals surface area contributed by atoms with Crippen molar-refractivity contribution in [3.05, 3.63) is 77.1 Å². The number of rotatable bonds is 4. The number of carbonyl (C=O) groups excluding carboxylic acids is 1. The summed E-state index contributed by atoms with van der Waals surface area (Å²) in [6.45, 7) is 7.34. The van der Waals surface area contributed by atoms with E-state index in [0.717, 1.165) is 24.7 Å². The van der Waals surface area contributed by atoms with Gasteiger partial charge in [0.2, 0.25) is 0 Å². The molecule has 3 aromatic rings. The number of urea groups is 1. The molecular formula is C23H25F2N5O. The topological polar surface area (TPSA) is 53.4 Å². The Morgan fingerprint density at radius 2 is 1.84 bits per heavy atom. The molecule has 1 fully saturated rings. The molecule has 0 radical (unpaired) electrons. The largest absolute Gasteiger partial charge is 0.368 e. The van der Waals surface area contributed by atoms with E-state index in [1.807, 2.05) is 0 Å². The Morgan fingerprint density at radius 1 is 1.06 bits per heavy atom. The van der Waals surface area contributed by atoms with Gasteiger partial charge in [0.05, 0.1) is 6.20 Å². The van der Waals surface area contributed by atoms with Crippen LogP contribution in [0.4, 0.5) is 19.3 Å². The summed E-state index contributed by atoms with van der Waals surface area (Å²) >= 11 is 0. The number of halogens is 2. The van der Waals surface area contributed by atoms with E-state index in [1.165, 1.54) is 33.6 Å². The fraction of sp³-hybridized carbons (Fsp3) is 0.304. The zero-order valence-electron chi connectivity index (χ0n) is 17.6. The van der Waals surface area contributed by atoms with Crippen molar-refractivity contribution in [2.45, 2.75) is 20.4 Å². The number of hydrogen-bond acceptors (Lipinski definition) is 3. The number of carbonyl (C=O) groups is 1. The number of aryl methyl sites for hydroxylation is 1. The summed E-state index contributed by atoms with van der Waals surface area (Å²) in [7, 11) is 0. The fourth-order valence-corrected chi connectivity index (χ4v) is 3.77.